The van der Waals surface area contributed by atoms with Crippen molar-refractivity contribution >= 4 is 28.8 Å². The maximum absolute atomic E-state index is 11.3. The Morgan fingerprint density at radius 2 is 1.19 bits per heavy atom. The molecule has 0 saturated heterocycles. The van der Waals surface area contributed by atoms with E-state index in [9.17, 15) is 9.59 Å². The summed E-state index contributed by atoms with van der Waals surface area (Å²) in [6, 6.07) is 25.8. The van der Waals surface area contributed by atoms with E-state index >= 15 is 0 Å². The van der Waals surface area contributed by atoms with Crippen molar-refractivity contribution < 1.29 is 38.0 Å². The number of ether oxygens (including phenoxy) is 6. The third-order valence-electron chi connectivity index (χ3n) is 8.10. The maximum atomic E-state index is 11.3. The summed E-state index contributed by atoms with van der Waals surface area (Å²) < 4.78 is 32.9. The number of unbranched alkanes of at least 4 members (excludes halogenated alkanes) is 6. The molecule has 4 rings (SSSR count). The highest BCUT2D eigenvalue weighted by atomic mass is 16.5. The molecule has 52 heavy (non-hydrogen) atoms. The standard InChI is InChI=1S/C44H48O8/c1-4-43(45)52-30-12-8-6-10-28-50-40-24-21-37-31-35(15-20-38(37)33-40)14-13-34-16-22-39(23-17-34)49-27-9-5-7-11-29-51-41-25-18-36(32-42(41)47-2)19-26-44(46)48-3/h4,15-26,31-33H,1,5-12,27-30H2,2-3H3/b26-19+. The van der Waals surface area contributed by atoms with Crippen LogP contribution in [0.5, 0.6) is 23.0 Å². The molecule has 0 N–H and O–H groups in total. The number of carbonyl (C=O) groups is 2. The molecular formula is C44H48O8. The van der Waals surface area contributed by atoms with Crippen molar-refractivity contribution in [3.8, 4) is 34.8 Å². The lowest BCUT2D eigenvalue weighted by atomic mass is 10.1. The number of esters is 2. The third-order valence-corrected chi connectivity index (χ3v) is 8.10. The topological polar surface area (TPSA) is 89.5 Å². The lowest BCUT2D eigenvalue weighted by Crippen LogP contribution is -2.02. The minimum Gasteiger partial charge on any atom is -0.494 e. The van der Waals surface area contributed by atoms with Gasteiger partial charge in [-0.05, 0) is 134 Å². The van der Waals surface area contributed by atoms with Crippen molar-refractivity contribution in [2.24, 2.45) is 0 Å². The van der Waals surface area contributed by atoms with E-state index in [0.29, 0.717) is 37.9 Å². The first-order valence-electron chi connectivity index (χ1n) is 17.7. The van der Waals surface area contributed by atoms with Crippen molar-refractivity contribution in [1.29, 1.82) is 0 Å². The lowest BCUT2D eigenvalue weighted by Gasteiger charge is -2.11. The van der Waals surface area contributed by atoms with Crippen molar-refractivity contribution in [2.75, 3.05) is 40.6 Å². The first-order chi connectivity index (χ1) is 25.5. The molecule has 0 unspecified atom stereocenters. The highest BCUT2D eigenvalue weighted by Crippen LogP contribution is 2.29. The number of benzene rings is 4. The Hall–Kier alpha value is -5.68. The van der Waals surface area contributed by atoms with E-state index in [-0.39, 0.29) is 5.97 Å². The maximum Gasteiger partial charge on any atom is 0.330 e. The van der Waals surface area contributed by atoms with Crippen LogP contribution in [0.3, 0.4) is 0 Å². The second kappa shape index (κ2) is 22.2. The van der Waals surface area contributed by atoms with Gasteiger partial charge in [0.15, 0.2) is 11.5 Å². The molecule has 0 bridgehead atoms. The molecule has 4 aromatic rings. The summed E-state index contributed by atoms with van der Waals surface area (Å²) in [6.45, 7) is 5.72. The van der Waals surface area contributed by atoms with Crippen LogP contribution in [0, 0.1) is 11.8 Å². The van der Waals surface area contributed by atoms with Gasteiger partial charge in [-0.1, -0.05) is 36.6 Å². The van der Waals surface area contributed by atoms with Crippen LogP contribution >= 0.6 is 0 Å². The van der Waals surface area contributed by atoms with Gasteiger partial charge < -0.3 is 28.4 Å². The van der Waals surface area contributed by atoms with Crippen LogP contribution in [0.4, 0.5) is 0 Å². The van der Waals surface area contributed by atoms with E-state index in [1.54, 1.807) is 13.2 Å². The molecule has 4 aromatic carbocycles. The zero-order valence-electron chi connectivity index (χ0n) is 30.2. The molecule has 272 valence electrons. The average molecular weight is 705 g/mol. The van der Waals surface area contributed by atoms with E-state index in [0.717, 1.165) is 90.3 Å². The zero-order chi connectivity index (χ0) is 36.8. The minimum absolute atomic E-state index is 0.369. The summed E-state index contributed by atoms with van der Waals surface area (Å²) in [5, 5.41) is 2.22. The summed E-state index contributed by atoms with van der Waals surface area (Å²) in [5.74, 6) is 8.74. The Morgan fingerprint density at radius 3 is 1.88 bits per heavy atom. The van der Waals surface area contributed by atoms with E-state index in [4.69, 9.17) is 23.7 Å². The molecule has 0 aliphatic rings. The number of fused-ring (bicyclic) bond motifs is 1. The van der Waals surface area contributed by atoms with Gasteiger partial charge in [-0.25, -0.2) is 9.59 Å². The number of rotatable bonds is 21. The Labute approximate surface area is 307 Å². The van der Waals surface area contributed by atoms with Crippen LogP contribution in [0.25, 0.3) is 16.8 Å². The molecule has 0 aliphatic heterocycles. The quantitative estimate of drug-likeness (QED) is 0.0367. The molecule has 0 aliphatic carbocycles. The molecule has 8 heteroatoms. The van der Waals surface area contributed by atoms with Crippen LogP contribution < -0.4 is 18.9 Å². The van der Waals surface area contributed by atoms with Crippen molar-refractivity contribution in [3.05, 3.63) is 114 Å². The van der Waals surface area contributed by atoms with Crippen molar-refractivity contribution in [1.82, 2.24) is 0 Å². The zero-order valence-corrected chi connectivity index (χ0v) is 30.2. The van der Waals surface area contributed by atoms with Gasteiger partial charge in [-0.15, -0.1) is 0 Å². The summed E-state index contributed by atoms with van der Waals surface area (Å²) in [5.41, 5.74) is 2.70. The number of methoxy groups -OCH3 is 2. The Balaban J connectivity index is 1.10. The van der Waals surface area contributed by atoms with Crippen molar-refractivity contribution in [3.63, 3.8) is 0 Å². The van der Waals surface area contributed by atoms with Gasteiger partial charge in [0.05, 0.1) is 40.6 Å². The third kappa shape index (κ3) is 13.9. The SMILES string of the molecule is C=CC(=O)OCCCCCCOc1ccc2cc(C#Cc3ccc(OCCCCCCOc4ccc(/C=C/C(=O)OC)cc4OC)cc3)ccc2c1. The summed E-state index contributed by atoms with van der Waals surface area (Å²) in [4.78, 5) is 22.4. The van der Waals surface area contributed by atoms with Crippen molar-refractivity contribution in [2.45, 2.75) is 51.4 Å². The van der Waals surface area contributed by atoms with E-state index < -0.39 is 5.97 Å². The highest BCUT2D eigenvalue weighted by molar-refractivity contribution is 5.87. The van der Waals surface area contributed by atoms with Crippen LogP contribution in [-0.2, 0) is 19.1 Å². The molecule has 0 fully saturated rings. The minimum atomic E-state index is -0.409. The predicted molar refractivity (Wildman–Crippen MR) is 205 cm³/mol. The van der Waals surface area contributed by atoms with Crippen LogP contribution in [-0.4, -0.2) is 52.6 Å². The Morgan fingerprint density at radius 1 is 0.596 bits per heavy atom. The molecule has 0 aromatic heterocycles. The smallest absolute Gasteiger partial charge is 0.330 e. The molecule has 8 nitrogen and oxygen atoms in total. The van der Waals surface area contributed by atoms with Gasteiger partial charge >= 0.3 is 11.9 Å². The number of hydrogen-bond acceptors (Lipinski definition) is 8. The first kappa shape index (κ1) is 39.1. The van der Waals surface area contributed by atoms with E-state index in [1.807, 2.05) is 54.6 Å². The van der Waals surface area contributed by atoms with Gasteiger partial charge in [0.1, 0.15) is 11.5 Å². The molecule has 0 atom stereocenters. The van der Waals surface area contributed by atoms with E-state index in [2.05, 4.69) is 47.4 Å². The first-order valence-corrected chi connectivity index (χ1v) is 17.7. The fourth-order valence-electron chi connectivity index (χ4n) is 5.22. The lowest BCUT2D eigenvalue weighted by molar-refractivity contribution is -0.138. The predicted octanol–water partition coefficient (Wildman–Crippen LogP) is 9.12. The molecular weight excluding hydrogens is 656 g/mol. The van der Waals surface area contributed by atoms with E-state index in [1.165, 1.54) is 19.3 Å². The second-order valence-electron chi connectivity index (χ2n) is 12.0. The fourth-order valence-corrected chi connectivity index (χ4v) is 5.22. The van der Waals surface area contributed by atoms with Crippen LogP contribution in [0.15, 0.2) is 97.6 Å². The fraction of sp³-hybridized carbons (Fsp3) is 0.318. The summed E-state index contributed by atoms with van der Waals surface area (Å²) in [6.07, 6.45) is 12.0. The largest absolute Gasteiger partial charge is 0.494 e. The van der Waals surface area contributed by atoms with Gasteiger partial charge in [-0.3, -0.25) is 0 Å². The molecule has 0 amide bonds. The highest BCUT2D eigenvalue weighted by Gasteiger charge is 2.06. The number of carbonyl (C=O) groups excluding carboxylic acids is 2. The summed E-state index contributed by atoms with van der Waals surface area (Å²) in [7, 11) is 2.94. The Kier molecular flexibility index (Phi) is 16.7. The van der Waals surface area contributed by atoms with Gasteiger partial charge in [0.2, 0.25) is 0 Å². The van der Waals surface area contributed by atoms with Gasteiger partial charge in [-0.2, -0.15) is 0 Å². The second-order valence-corrected chi connectivity index (χ2v) is 12.0. The van der Waals surface area contributed by atoms with Gasteiger partial charge in [0.25, 0.3) is 0 Å². The van der Waals surface area contributed by atoms with Crippen LogP contribution in [0.2, 0.25) is 0 Å². The monoisotopic (exact) mass is 704 g/mol. The normalized spacial score (nSPS) is 10.7. The summed E-state index contributed by atoms with van der Waals surface area (Å²) >= 11 is 0. The van der Waals surface area contributed by atoms with Gasteiger partial charge in [0, 0.05) is 23.3 Å². The molecule has 0 spiro atoms. The molecule has 0 heterocycles. The molecule has 0 saturated carbocycles. The molecule has 0 radical (unpaired) electrons. The Bertz CT molecular complexity index is 1830. The van der Waals surface area contributed by atoms with Crippen LogP contribution in [0.1, 0.15) is 68.1 Å². The average Bonchev–Trinajstić information content (AvgIpc) is 3.18. The number of hydrogen-bond donors (Lipinski definition) is 0.